The molecule has 3 aromatic carbocycles. The van der Waals surface area contributed by atoms with Gasteiger partial charge in [-0.15, -0.1) is 0 Å². The molecule has 1 fully saturated rings. The third-order valence-electron chi connectivity index (χ3n) is 9.45. The zero-order chi connectivity index (χ0) is 35.0. The molecule has 9 nitrogen and oxygen atoms in total. The molecule has 1 saturated heterocycles. The molecule has 4 aromatic rings. The van der Waals surface area contributed by atoms with Crippen LogP contribution in [0.1, 0.15) is 74.5 Å². The summed E-state index contributed by atoms with van der Waals surface area (Å²) in [7, 11) is 0. The summed E-state index contributed by atoms with van der Waals surface area (Å²) < 4.78 is 25.5. The summed E-state index contributed by atoms with van der Waals surface area (Å²) in [6, 6.07) is 27.9. The number of ether oxygens (including phenoxy) is 4. The quantitative estimate of drug-likeness (QED) is 0.0702. The average Bonchev–Trinajstić information content (AvgIpc) is 3.56. The molecule has 0 radical (unpaired) electrons. The molecule has 2 heterocycles. The molecule has 1 aromatic heterocycles. The highest BCUT2D eigenvalue weighted by atomic mass is 16.7. The van der Waals surface area contributed by atoms with Gasteiger partial charge in [0.15, 0.2) is 6.10 Å². The Labute approximate surface area is 295 Å². The number of esters is 2. The van der Waals surface area contributed by atoms with E-state index in [1.807, 2.05) is 85.1 Å². The molecule has 0 spiro atoms. The minimum Gasteiger partial charge on any atom is -0.459 e. The van der Waals surface area contributed by atoms with Gasteiger partial charge in [-0.2, -0.15) is 0 Å². The minimum atomic E-state index is -1.36. The Morgan fingerprint density at radius 3 is 2.22 bits per heavy atom. The van der Waals surface area contributed by atoms with Crippen molar-refractivity contribution in [2.24, 2.45) is 5.73 Å². The van der Waals surface area contributed by atoms with Crippen LogP contribution in [0.5, 0.6) is 0 Å². The van der Waals surface area contributed by atoms with Gasteiger partial charge >= 0.3 is 11.9 Å². The molecule has 50 heavy (non-hydrogen) atoms. The molecule has 9 heteroatoms. The monoisotopic (exact) mass is 684 g/mol. The Kier molecular flexibility index (Phi) is 14.4. The number of benzene rings is 3. The van der Waals surface area contributed by atoms with E-state index in [-0.39, 0.29) is 37.8 Å². The van der Waals surface area contributed by atoms with Gasteiger partial charge in [0.1, 0.15) is 12.2 Å². The number of aromatic amines is 1. The topological polar surface area (TPSA) is 133 Å². The van der Waals surface area contributed by atoms with E-state index in [1.54, 1.807) is 0 Å². The van der Waals surface area contributed by atoms with Gasteiger partial charge in [-0.3, -0.25) is 9.59 Å². The third kappa shape index (κ3) is 10.7. The van der Waals surface area contributed by atoms with E-state index in [0.717, 1.165) is 59.7 Å². The number of carbonyl (C=O) groups excluding carboxylic acids is 2. The van der Waals surface area contributed by atoms with Crippen LogP contribution in [0.3, 0.4) is 0 Å². The Morgan fingerprint density at radius 1 is 0.800 bits per heavy atom. The molecule has 1 aliphatic heterocycles. The molecule has 0 bridgehead atoms. The summed E-state index contributed by atoms with van der Waals surface area (Å²) >= 11 is 0. The maximum Gasteiger partial charge on any atom is 0.306 e. The van der Waals surface area contributed by atoms with Crippen LogP contribution in [0.15, 0.2) is 91.1 Å². The second-order valence-electron chi connectivity index (χ2n) is 13.1. The van der Waals surface area contributed by atoms with Crippen molar-refractivity contribution in [3.8, 4) is 0 Å². The first-order valence-corrected chi connectivity index (χ1v) is 18.1. The Hall–Kier alpha value is -4.02. The predicted octanol–water partition coefficient (Wildman–Crippen LogP) is 6.59. The molecule has 0 unspecified atom stereocenters. The number of nitrogens with one attached hydrogen (secondary N) is 1. The first-order chi connectivity index (χ1) is 24.5. The van der Waals surface area contributed by atoms with Crippen LogP contribution in [-0.4, -0.2) is 65.9 Å². The second-order valence-corrected chi connectivity index (χ2v) is 13.1. The number of aromatic nitrogens is 1. The second kappa shape index (κ2) is 19.4. The highest BCUT2D eigenvalue weighted by Crippen LogP contribution is 2.39. The molecule has 268 valence electrons. The number of para-hydroxylation sites is 1. The van der Waals surface area contributed by atoms with E-state index in [0.29, 0.717) is 38.8 Å². The van der Waals surface area contributed by atoms with E-state index in [2.05, 4.69) is 11.1 Å². The van der Waals surface area contributed by atoms with Gasteiger partial charge in [-0.05, 0) is 67.8 Å². The number of hydrogen-bond donors (Lipinski definition) is 3. The number of hydrogen-bond acceptors (Lipinski definition) is 8. The first kappa shape index (κ1) is 37.2. The number of aliphatic hydroxyl groups is 1. The highest BCUT2D eigenvalue weighted by molar-refractivity contribution is 5.83. The van der Waals surface area contributed by atoms with Crippen molar-refractivity contribution in [1.82, 2.24) is 4.98 Å². The minimum absolute atomic E-state index is 0.147. The molecule has 0 amide bonds. The van der Waals surface area contributed by atoms with Crippen molar-refractivity contribution >= 4 is 22.8 Å². The molecule has 0 saturated carbocycles. The fourth-order valence-electron chi connectivity index (χ4n) is 6.70. The van der Waals surface area contributed by atoms with Gasteiger partial charge in [0.05, 0.1) is 13.2 Å². The maximum absolute atomic E-state index is 13.5. The summed E-state index contributed by atoms with van der Waals surface area (Å²) in [6.45, 7) is 0.633. The van der Waals surface area contributed by atoms with Crippen molar-refractivity contribution in [3.05, 3.63) is 108 Å². The zero-order valence-corrected chi connectivity index (χ0v) is 29.0. The van der Waals surface area contributed by atoms with Gasteiger partial charge < -0.3 is 34.8 Å². The molecule has 4 atom stereocenters. The highest BCUT2D eigenvalue weighted by Gasteiger charge is 2.53. The van der Waals surface area contributed by atoms with Gasteiger partial charge in [0.2, 0.25) is 5.79 Å². The van der Waals surface area contributed by atoms with Crippen LogP contribution >= 0.6 is 0 Å². The summed E-state index contributed by atoms with van der Waals surface area (Å²) in [5, 5.41) is 11.7. The van der Waals surface area contributed by atoms with Crippen LogP contribution in [0, 0.1) is 0 Å². The zero-order valence-electron chi connectivity index (χ0n) is 29.0. The Balaban J connectivity index is 1.34. The number of unbranched alkanes of at least 4 members (excludes halogenated alkanes) is 3. The average molecular weight is 685 g/mol. The molecule has 1 aliphatic rings. The number of aliphatic hydroxyl groups excluding tert-OH is 1. The fourth-order valence-corrected chi connectivity index (χ4v) is 6.70. The lowest BCUT2D eigenvalue weighted by Crippen LogP contribution is -2.61. The number of rotatable bonds is 20. The van der Waals surface area contributed by atoms with Gasteiger partial charge in [0, 0.05) is 42.8 Å². The summed E-state index contributed by atoms with van der Waals surface area (Å²) in [5.41, 5.74) is 9.99. The number of H-pyrrole nitrogens is 1. The van der Waals surface area contributed by atoms with Crippen LogP contribution in [0.4, 0.5) is 0 Å². The number of carbonyl (C=O) groups is 2. The standard InChI is InChI=1S/C41H52N2O7/c42-26-11-1-2-12-27-47-41(25-24-33-29-43-35-20-10-9-19-34(33)35)38(49-40(46)23-22-32-16-7-4-8-17-32)28-36(37(30-44)50-41)48-39(45)21-13-18-31-14-5-3-6-15-31/h3-10,14-17,19-20,29,36-38,43-44H,1-2,11-13,18,21-28,30,42H2/t36-,37+,38+,41+/m0/s1. The lowest BCUT2D eigenvalue weighted by molar-refractivity contribution is -0.346. The number of aryl methyl sites for hydroxylation is 3. The molecular formula is C41H52N2O7. The lowest BCUT2D eigenvalue weighted by atomic mass is 9.90. The third-order valence-corrected chi connectivity index (χ3v) is 9.45. The van der Waals surface area contributed by atoms with Gasteiger partial charge in [-0.1, -0.05) is 91.7 Å². The summed E-state index contributed by atoms with van der Waals surface area (Å²) in [6.07, 6.45) is 6.45. The van der Waals surface area contributed by atoms with Gasteiger partial charge in [0.25, 0.3) is 0 Å². The van der Waals surface area contributed by atoms with Crippen molar-refractivity contribution in [2.45, 2.75) is 101 Å². The van der Waals surface area contributed by atoms with Crippen LogP contribution in [-0.2, 0) is 47.8 Å². The van der Waals surface area contributed by atoms with Gasteiger partial charge in [-0.25, -0.2) is 0 Å². The molecule has 4 N–H and O–H groups in total. The lowest BCUT2D eigenvalue weighted by Gasteiger charge is -2.48. The Bertz CT molecular complexity index is 1590. The smallest absolute Gasteiger partial charge is 0.306 e. The summed E-state index contributed by atoms with van der Waals surface area (Å²) in [4.78, 5) is 29.9. The van der Waals surface area contributed by atoms with Crippen LogP contribution in [0.2, 0.25) is 0 Å². The van der Waals surface area contributed by atoms with E-state index >= 15 is 0 Å². The van der Waals surface area contributed by atoms with Crippen LogP contribution < -0.4 is 5.73 Å². The van der Waals surface area contributed by atoms with Crippen molar-refractivity contribution in [3.63, 3.8) is 0 Å². The first-order valence-electron chi connectivity index (χ1n) is 18.1. The van der Waals surface area contributed by atoms with E-state index in [9.17, 15) is 14.7 Å². The largest absolute Gasteiger partial charge is 0.459 e. The summed E-state index contributed by atoms with van der Waals surface area (Å²) in [5.74, 6) is -2.13. The fraction of sp³-hybridized carbons (Fsp3) is 0.463. The normalized spacial score (nSPS) is 20.5. The van der Waals surface area contributed by atoms with E-state index < -0.39 is 24.1 Å². The molecule has 0 aliphatic carbocycles. The SMILES string of the molecule is NCCCCCCO[C@]1(CCc2c[nH]c3ccccc23)O[C@H](CO)[C@@H](OC(=O)CCCc2ccccc2)C[C@H]1OC(=O)CCc1ccccc1. The van der Waals surface area contributed by atoms with E-state index in [1.165, 1.54) is 0 Å². The maximum atomic E-state index is 13.5. The van der Waals surface area contributed by atoms with Crippen LogP contribution in [0.25, 0.3) is 10.9 Å². The van der Waals surface area contributed by atoms with Crippen molar-refractivity contribution < 1.29 is 33.6 Å². The number of nitrogens with two attached hydrogens (primary N) is 1. The van der Waals surface area contributed by atoms with E-state index in [4.69, 9.17) is 24.7 Å². The predicted molar refractivity (Wildman–Crippen MR) is 193 cm³/mol. The van der Waals surface area contributed by atoms with Crippen molar-refractivity contribution in [2.75, 3.05) is 19.8 Å². The molecule has 5 rings (SSSR count). The number of fused-ring (bicyclic) bond motifs is 1. The Morgan fingerprint density at radius 2 is 1.48 bits per heavy atom. The molecular weight excluding hydrogens is 632 g/mol. The van der Waals surface area contributed by atoms with Crippen molar-refractivity contribution in [1.29, 1.82) is 0 Å².